The van der Waals surface area contributed by atoms with Crippen LogP contribution >= 0.6 is 23.2 Å². The average Bonchev–Trinajstić information content (AvgIpc) is 2.33. The molecule has 0 N–H and O–H groups in total. The molecule has 94 valence electrons. The van der Waals surface area contributed by atoms with E-state index in [1.807, 2.05) is 25.1 Å². The van der Waals surface area contributed by atoms with Crippen molar-refractivity contribution in [1.82, 2.24) is 0 Å². The van der Waals surface area contributed by atoms with E-state index in [1.165, 1.54) is 0 Å². The zero-order valence-corrected chi connectivity index (χ0v) is 11.5. The van der Waals surface area contributed by atoms with Crippen LogP contribution in [0.2, 0.25) is 10.0 Å². The minimum atomic E-state index is 0.496. The summed E-state index contributed by atoms with van der Waals surface area (Å²) in [5, 5.41) is 1.05. The third-order valence-electron chi connectivity index (χ3n) is 2.44. The number of para-hydroxylation sites is 1. The van der Waals surface area contributed by atoms with Crippen LogP contribution in [0, 0.1) is 6.92 Å². The Bertz CT molecular complexity index is 568. The largest absolute Gasteiger partial charge is 0.491 e. The molecular formula is C14H12Cl2O2. The molecule has 0 aromatic heterocycles. The molecule has 0 atom stereocenters. The number of methoxy groups -OCH3 is 1. The number of benzene rings is 2. The molecular weight excluding hydrogens is 271 g/mol. The molecule has 0 aliphatic carbocycles. The second kappa shape index (κ2) is 5.51. The summed E-state index contributed by atoms with van der Waals surface area (Å²) < 4.78 is 10.9. The van der Waals surface area contributed by atoms with Crippen LogP contribution < -0.4 is 9.47 Å². The lowest BCUT2D eigenvalue weighted by Gasteiger charge is -2.12. The predicted octanol–water partition coefficient (Wildman–Crippen LogP) is 5.10. The molecule has 0 heterocycles. The zero-order chi connectivity index (χ0) is 13.1. The smallest absolute Gasteiger partial charge is 0.180 e. The van der Waals surface area contributed by atoms with Crippen molar-refractivity contribution in [2.24, 2.45) is 0 Å². The molecule has 0 aliphatic rings. The highest BCUT2D eigenvalue weighted by Gasteiger charge is 2.11. The van der Waals surface area contributed by atoms with Gasteiger partial charge in [0.15, 0.2) is 11.5 Å². The van der Waals surface area contributed by atoms with E-state index in [1.54, 1.807) is 25.3 Å². The first kappa shape index (κ1) is 13.1. The number of aryl methyl sites for hydroxylation is 1. The minimum Gasteiger partial charge on any atom is -0.491 e. The van der Waals surface area contributed by atoms with Crippen molar-refractivity contribution < 1.29 is 9.47 Å². The molecule has 0 saturated carbocycles. The molecule has 0 unspecified atom stereocenters. The molecule has 0 saturated heterocycles. The van der Waals surface area contributed by atoms with Crippen LogP contribution in [-0.4, -0.2) is 7.11 Å². The fourth-order valence-electron chi connectivity index (χ4n) is 1.57. The Hall–Kier alpha value is -1.38. The van der Waals surface area contributed by atoms with Crippen LogP contribution in [0.1, 0.15) is 5.56 Å². The van der Waals surface area contributed by atoms with Crippen molar-refractivity contribution in [3.63, 3.8) is 0 Å². The minimum absolute atomic E-state index is 0.496. The molecule has 0 fully saturated rings. The van der Waals surface area contributed by atoms with Gasteiger partial charge in [0.05, 0.1) is 17.2 Å². The Morgan fingerprint density at radius 3 is 2.39 bits per heavy atom. The second-order valence-electron chi connectivity index (χ2n) is 3.81. The van der Waals surface area contributed by atoms with E-state index in [-0.39, 0.29) is 0 Å². The fourth-order valence-corrected chi connectivity index (χ4v) is 2.09. The lowest BCUT2D eigenvalue weighted by molar-refractivity contribution is 0.379. The van der Waals surface area contributed by atoms with E-state index in [4.69, 9.17) is 32.7 Å². The van der Waals surface area contributed by atoms with Crippen molar-refractivity contribution in [3.8, 4) is 17.2 Å². The Kier molecular flexibility index (Phi) is 4.00. The SMILES string of the molecule is COc1c(Cl)cccc1Oc1ccc(C)cc1Cl. The maximum Gasteiger partial charge on any atom is 0.180 e. The van der Waals surface area contributed by atoms with E-state index < -0.39 is 0 Å². The van der Waals surface area contributed by atoms with E-state index in [9.17, 15) is 0 Å². The van der Waals surface area contributed by atoms with Crippen LogP contribution in [0.4, 0.5) is 0 Å². The first-order valence-electron chi connectivity index (χ1n) is 5.38. The van der Waals surface area contributed by atoms with Crippen LogP contribution in [0.5, 0.6) is 17.2 Å². The Morgan fingerprint density at radius 1 is 0.944 bits per heavy atom. The van der Waals surface area contributed by atoms with Gasteiger partial charge in [-0.25, -0.2) is 0 Å². The Balaban J connectivity index is 2.37. The van der Waals surface area contributed by atoms with Gasteiger partial charge in [-0.2, -0.15) is 0 Å². The molecule has 2 rings (SSSR count). The van der Waals surface area contributed by atoms with E-state index >= 15 is 0 Å². The molecule has 18 heavy (non-hydrogen) atoms. The Labute approximate surface area is 116 Å². The number of rotatable bonds is 3. The lowest BCUT2D eigenvalue weighted by atomic mass is 10.2. The standard InChI is InChI=1S/C14H12Cl2O2/c1-9-6-7-12(11(16)8-9)18-13-5-3-4-10(15)14(13)17-2/h3-8H,1-2H3. The molecule has 2 aromatic rings. The van der Waals surface area contributed by atoms with Gasteiger partial charge >= 0.3 is 0 Å². The summed E-state index contributed by atoms with van der Waals surface area (Å²) in [6.45, 7) is 1.97. The Morgan fingerprint density at radius 2 is 1.72 bits per heavy atom. The van der Waals surface area contributed by atoms with Gasteiger partial charge in [-0.3, -0.25) is 0 Å². The average molecular weight is 283 g/mol. The summed E-state index contributed by atoms with van der Waals surface area (Å²) in [5.74, 6) is 1.61. The van der Waals surface area contributed by atoms with Gasteiger partial charge in [0, 0.05) is 0 Å². The highest BCUT2D eigenvalue weighted by Crippen LogP contribution is 2.39. The molecule has 2 nitrogen and oxygen atoms in total. The molecule has 0 spiro atoms. The van der Waals surface area contributed by atoms with E-state index in [0.717, 1.165) is 5.56 Å². The molecule has 0 bridgehead atoms. The number of hydrogen-bond acceptors (Lipinski definition) is 2. The summed E-state index contributed by atoms with van der Waals surface area (Å²) in [6.07, 6.45) is 0. The van der Waals surface area contributed by atoms with E-state index in [2.05, 4.69) is 0 Å². The normalized spacial score (nSPS) is 10.2. The monoisotopic (exact) mass is 282 g/mol. The summed E-state index contributed by atoms with van der Waals surface area (Å²) in [7, 11) is 1.55. The first-order valence-corrected chi connectivity index (χ1v) is 6.14. The quantitative estimate of drug-likeness (QED) is 0.780. The van der Waals surface area contributed by atoms with Gasteiger partial charge in [-0.1, -0.05) is 35.3 Å². The highest BCUT2D eigenvalue weighted by molar-refractivity contribution is 6.32. The van der Waals surface area contributed by atoms with Crippen molar-refractivity contribution >= 4 is 23.2 Å². The number of ether oxygens (including phenoxy) is 2. The van der Waals surface area contributed by atoms with Gasteiger partial charge in [-0.15, -0.1) is 0 Å². The molecule has 0 aliphatic heterocycles. The van der Waals surface area contributed by atoms with Gasteiger partial charge in [-0.05, 0) is 36.8 Å². The van der Waals surface area contributed by atoms with Crippen molar-refractivity contribution in [2.45, 2.75) is 6.92 Å². The summed E-state index contributed by atoms with van der Waals surface area (Å²) in [5.41, 5.74) is 1.07. The summed E-state index contributed by atoms with van der Waals surface area (Å²) >= 11 is 12.1. The van der Waals surface area contributed by atoms with Crippen molar-refractivity contribution in [2.75, 3.05) is 7.11 Å². The highest BCUT2D eigenvalue weighted by atomic mass is 35.5. The van der Waals surface area contributed by atoms with Crippen molar-refractivity contribution in [1.29, 1.82) is 0 Å². The summed E-state index contributed by atoms with van der Waals surface area (Å²) in [4.78, 5) is 0. The molecule has 0 radical (unpaired) electrons. The van der Waals surface area contributed by atoms with Crippen LogP contribution in [0.25, 0.3) is 0 Å². The molecule has 4 heteroatoms. The number of hydrogen-bond donors (Lipinski definition) is 0. The third-order valence-corrected chi connectivity index (χ3v) is 3.04. The lowest BCUT2D eigenvalue weighted by Crippen LogP contribution is -1.91. The second-order valence-corrected chi connectivity index (χ2v) is 4.62. The fraction of sp³-hybridized carbons (Fsp3) is 0.143. The summed E-state index contributed by atoms with van der Waals surface area (Å²) in [6, 6.07) is 10.9. The maximum absolute atomic E-state index is 6.12. The topological polar surface area (TPSA) is 18.5 Å². The van der Waals surface area contributed by atoms with Gasteiger partial charge in [0.1, 0.15) is 5.75 Å². The molecule has 0 amide bonds. The maximum atomic E-state index is 6.12. The van der Waals surface area contributed by atoms with Crippen LogP contribution in [0.15, 0.2) is 36.4 Å². The predicted molar refractivity (Wildman–Crippen MR) is 74.3 cm³/mol. The zero-order valence-electron chi connectivity index (χ0n) is 10.0. The van der Waals surface area contributed by atoms with Gasteiger partial charge in [0.25, 0.3) is 0 Å². The third kappa shape index (κ3) is 2.71. The number of halogens is 2. The van der Waals surface area contributed by atoms with Crippen LogP contribution in [-0.2, 0) is 0 Å². The van der Waals surface area contributed by atoms with Gasteiger partial charge < -0.3 is 9.47 Å². The van der Waals surface area contributed by atoms with Crippen LogP contribution in [0.3, 0.4) is 0 Å². The molecule has 2 aromatic carbocycles. The van der Waals surface area contributed by atoms with E-state index in [0.29, 0.717) is 27.3 Å². The van der Waals surface area contributed by atoms with Gasteiger partial charge in [0.2, 0.25) is 0 Å². The first-order chi connectivity index (χ1) is 8.61. The van der Waals surface area contributed by atoms with Crippen molar-refractivity contribution in [3.05, 3.63) is 52.0 Å².